The molecule has 0 aliphatic heterocycles. The van der Waals surface area contributed by atoms with E-state index in [-0.39, 0.29) is 50.6 Å². The molecule has 2 amide bonds. The molecule has 0 spiro atoms. The first-order valence-electron chi connectivity index (χ1n) is 14.4. The zero-order chi connectivity index (χ0) is 37.3. The molecular weight excluding hydrogens is 737 g/mol. The molecule has 0 aliphatic rings. The molecule has 4 aromatic rings. The number of pyridine rings is 1. The summed E-state index contributed by atoms with van der Waals surface area (Å²) in [5.41, 5.74) is -3.75. The summed E-state index contributed by atoms with van der Waals surface area (Å²) in [6.45, 7) is 3.44. The van der Waals surface area contributed by atoms with Crippen LogP contribution < -0.4 is 10.6 Å². The van der Waals surface area contributed by atoms with Crippen LogP contribution in [-0.2, 0) is 35.5 Å². The number of nitrogens with one attached hydrogen (secondary N) is 2. The lowest BCUT2D eigenvalue weighted by Gasteiger charge is -2.21. The van der Waals surface area contributed by atoms with E-state index in [1.807, 2.05) is 0 Å². The molecule has 0 bridgehead atoms. The number of anilines is 1. The number of hydrogen-bond acceptors (Lipinski definition) is 6. The van der Waals surface area contributed by atoms with Crippen LogP contribution in [0.4, 0.5) is 32.0 Å². The minimum Gasteiger partial charge on any atom is -0.350 e. The van der Waals surface area contributed by atoms with Crippen LogP contribution in [0, 0.1) is 6.92 Å². The van der Waals surface area contributed by atoms with Gasteiger partial charge in [-0.25, -0.2) is 18.1 Å². The number of nitrogens with zero attached hydrogens (tertiary/aromatic N) is 4. The summed E-state index contributed by atoms with van der Waals surface area (Å²) in [6.07, 6.45) is -8.28. The van der Waals surface area contributed by atoms with Gasteiger partial charge in [0.25, 0.3) is 11.8 Å². The number of aromatic nitrogens is 3. The van der Waals surface area contributed by atoms with E-state index >= 15 is 0 Å². The van der Waals surface area contributed by atoms with Gasteiger partial charge in [0.05, 0.1) is 45.9 Å². The Balaban J connectivity index is 1.79. The molecule has 0 aliphatic carbocycles. The molecule has 0 unspecified atom stereocenters. The summed E-state index contributed by atoms with van der Waals surface area (Å²) in [6, 6.07) is 7.41. The minimum absolute atomic E-state index is 0.0134. The lowest BCUT2D eigenvalue weighted by Crippen LogP contribution is -2.31. The van der Waals surface area contributed by atoms with Gasteiger partial charge in [-0.15, -0.1) is 0 Å². The van der Waals surface area contributed by atoms with Gasteiger partial charge >= 0.3 is 12.4 Å². The molecule has 268 valence electrons. The number of halogens is 8. The van der Waals surface area contributed by atoms with E-state index in [9.17, 15) is 44.3 Å². The Morgan fingerprint density at radius 3 is 2.10 bits per heavy atom. The van der Waals surface area contributed by atoms with Crippen molar-refractivity contribution in [1.29, 1.82) is 0 Å². The topological polar surface area (TPSA) is 126 Å². The van der Waals surface area contributed by atoms with E-state index in [2.05, 4.69) is 20.7 Å². The smallest absolute Gasteiger partial charge is 0.350 e. The van der Waals surface area contributed by atoms with Crippen LogP contribution >= 0.6 is 23.2 Å². The summed E-state index contributed by atoms with van der Waals surface area (Å²) < 4.78 is 108. The molecule has 2 heterocycles. The van der Waals surface area contributed by atoms with Gasteiger partial charge in [0, 0.05) is 23.8 Å². The largest absolute Gasteiger partial charge is 0.416 e. The van der Waals surface area contributed by atoms with E-state index in [0.29, 0.717) is 28.3 Å². The number of aryl methyl sites for hydroxylation is 1. The van der Waals surface area contributed by atoms with E-state index in [1.54, 1.807) is 20.8 Å². The van der Waals surface area contributed by atoms with Crippen molar-refractivity contribution in [3.05, 3.63) is 104 Å². The average Bonchev–Trinajstić information content (AvgIpc) is 3.40. The van der Waals surface area contributed by atoms with Crippen LogP contribution in [-0.4, -0.2) is 51.6 Å². The molecule has 0 atom stereocenters. The quantitative estimate of drug-likeness (QED) is 0.164. The van der Waals surface area contributed by atoms with Crippen LogP contribution in [0.1, 0.15) is 62.6 Å². The molecule has 19 heteroatoms. The van der Waals surface area contributed by atoms with Gasteiger partial charge in [0.2, 0.25) is 10.0 Å². The highest BCUT2D eigenvalue weighted by molar-refractivity contribution is 7.88. The number of rotatable bonds is 10. The third kappa shape index (κ3) is 9.32. The first-order valence-corrected chi connectivity index (χ1v) is 17.0. The molecular formula is C31H28Cl2F6N6O4S. The van der Waals surface area contributed by atoms with Crippen molar-refractivity contribution in [2.75, 3.05) is 11.6 Å². The standard InChI is InChI=1S/C31H28Cl2F6N6O4S/c1-16(2)41-28(46)23-12-21(32)8-17(3)26(23)42-29(47)25-13-22(43-45(25)27-24(33)6-5-7-40-27)15-44(50(4,48)49)14-18-9-19(30(34,35)36)11-20(10-18)31(37,38)39/h5-13,16H,14-15H2,1-4H3,(H,41,46)(H,42,47). The van der Waals surface area contributed by atoms with Crippen molar-refractivity contribution in [2.45, 2.75) is 52.3 Å². The van der Waals surface area contributed by atoms with Crippen molar-refractivity contribution in [3.63, 3.8) is 0 Å². The van der Waals surface area contributed by atoms with Gasteiger partial charge in [-0.1, -0.05) is 23.2 Å². The fraction of sp³-hybridized carbons (Fsp3) is 0.290. The summed E-state index contributed by atoms with van der Waals surface area (Å²) in [7, 11) is -4.32. The first-order chi connectivity index (χ1) is 23.0. The van der Waals surface area contributed by atoms with Gasteiger partial charge in [-0.05, 0) is 80.4 Å². The van der Waals surface area contributed by atoms with E-state index in [4.69, 9.17) is 23.2 Å². The predicted octanol–water partition coefficient (Wildman–Crippen LogP) is 7.27. The van der Waals surface area contributed by atoms with Crippen LogP contribution in [0.3, 0.4) is 0 Å². The lowest BCUT2D eigenvalue weighted by molar-refractivity contribution is -0.143. The predicted molar refractivity (Wildman–Crippen MR) is 174 cm³/mol. The maximum Gasteiger partial charge on any atom is 0.416 e. The molecule has 0 saturated carbocycles. The van der Waals surface area contributed by atoms with Crippen LogP contribution in [0.5, 0.6) is 0 Å². The molecule has 10 nitrogen and oxygen atoms in total. The SMILES string of the molecule is Cc1cc(Cl)cc(C(=O)NC(C)C)c1NC(=O)c1cc(CN(Cc2cc(C(F)(F)F)cc(C(F)(F)F)c2)S(C)(=O)=O)nn1-c1ncccc1Cl. The molecule has 0 fully saturated rings. The maximum atomic E-state index is 13.9. The van der Waals surface area contributed by atoms with Crippen molar-refractivity contribution < 1.29 is 44.3 Å². The Morgan fingerprint density at radius 1 is 0.940 bits per heavy atom. The molecule has 2 aromatic carbocycles. The molecule has 2 N–H and O–H groups in total. The van der Waals surface area contributed by atoms with E-state index in [1.165, 1.54) is 30.5 Å². The van der Waals surface area contributed by atoms with Gasteiger partial charge in [-0.3, -0.25) is 9.59 Å². The number of amides is 2. The Kier molecular flexibility index (Phi) is 11.3. The summed E-state index contributed by atoms with van der Waals surface area (Å²) in [5, 5.41) is 9.88. The number of alkyl halides is 6. The second kappa shape index (κ2) is 14.6. The maximum absolute atomic E-state index is 13.9. The molecule has 4 rings (SSSR count). The molecule has 0 radical (unpaired) electrons. The minimum atomic E-state index is -5.16. The monoisotopic (exact) mass is 764 g/mol. The zero-order valence-corrected chi connectivity index (χ0v) is 28.9. The highest BCUT2D eigenvalue weighted by Crippen LogP contribution is 2.37. The van der Waals surface area contributed by atoms with Gasteiger partial charge in [0.1, 0.15) is 5.69 Å². The fourth-order valence-corrected chi connectivity index (χ4v) is 5.98. The second-order valence-electron chi connectivity index (χ2n) is 11.4. The van der Waals surface area contributed by atoms with Gasteiger partial charge in [-0.2, -0.15) is 35.7 Å². The number of hydrogen-bond donors (Lipinski definition) is 2. The van der Waals surface area contributed by atoms with Gasteiger partial charge in [0.15, 0.2) is 5.82 Å². The Bertz CT molecular complexity index is 2020. The Hall–Kier alpha value is -4.19. The second-order valence-corrected chi connectivity index (χ2v) is 14.2. The van der Waals surface area contributed by atoms with Crippen LogP contribution in [0.25, 0.3) is 5.82 Å². The number of benzene rings is 2. The number of sulfonamides is 1. The first kappa shape index (κ1) is 38.6. The summed E-state index contributed by atoms with van der Waals surface area (Å²) in [4.78, 5) is 31.0. The van der Waals surface area contributed by atoms with Crippen molar-refractivity contribution in [2.24, 2.45) is 0 Å². The summed E-state index contributed by atoms with van der Waals surface area (Å²) >= 11 is 12.5. The Morgan fingerprint density at radius 2 is 1.56 bits per heavy atom. The third-order valence-corrected chi connectivity index (χ3v) is 8.66. The number of carbonyl (C=O) groups is 2. The van der Waals surface area contributed by atoms with Crippen molar-refractivity contribution in [1.82, 2.24) is 24.4 Å². The lowest BCUT2D eigenvalue weighted by atomic mass is 10.0. The zero-order valence-electron chi connectivity index (χ0n) is 26.5. The van der Waals surface area contributed by atoms with Crippen molar-refractivity contribution in [3.8, 4) is 5.82 Å². The number of carbonyl (C=O) groups excluding carboxylic acids is 2. The average molecular weight is 766 g/mol. The highest BCUT2D eigenvalue weighted by Gasteiger charge is 2.37. The molecule has 2 aromatic heterocycles. The van der Waals surface area contributed by atoms with E-state index < -0.39 is 64.0 Å². The van der Waals surface area contributed by atoms with Crippen molar-refractivity contribution >= 4 is 50.7 Å². The van der Waals surface area contributed by atoms with Crippen LogP contribution in [0.15, 0.2) is 54.7 Å². The third-order valence-electron chi connectivity index (χ3n) is 6.95. The normalized spacial score (nSPS) is 12.4. The van der Waals surface area contributed by atoms with E-state index in [0.717, 1.165) is 10.7 Å². The fourth-order valence-electron chi connectivity index (χ4n) is 4.75. The van der Waals surface area contributed by atoms with Gasteiger partial charge < -0.3 is 10.6 Å². The Labute approximate surface area is 292 Å². The summed E-state index contributed by atoms with van der Waals surface area (Å²) in [5.74, 6) is -1.49. The van der Waals surface area contributed by atoms with Crippen LogP contribution in [0.2, 0.25) is 10.0 Å². The highest BCUT2D eigenvalue weighted by atomic mass is 35.5. The molecule has 50 heavy (non-hydrogen) atoms. The molecule has 0 saturated heterocycles.